The number of unbranched alkanes of at least 4 members (excludes halogenated alkanes) is 2. The van der Waals surface area contributed by atoms with Crippen molar-refractivity contribution in [3.63, 3.8) is 0 Å². The average Bonchev–Trinajstić information content (AvgIpc) is 2.87. The summed E-state index contributed by atoms with van der Waals surface area (Å²) in [6.45, 7) is 2.21. The summed E-state index contributed by atoms with van der Waals surface area (Å²) in [5, 5.41) is 13.2. The van der Waals surface area contributed by atoms with Gasteiger partial charge in [0.15, 0.2) is 0 Å². The zero-order valence-electron chi connectivity index (χ0n) is 8.86. The molecular formula is C11H15N3S. The molecule has 0 amide bonds. The van der Waals surface area contributed by atoms with Gasteiger partial charge in [0, 0.05) is 0 Å². The molecule has 0 saturated heterocycles. The number of aromatic nitrogens is 3. The van der Waals surface area contributed by atoms with Gasteiger partial charge < -0.3 is 0 Å². The molecule has 0 spiro atoms. The molecule has 0 bridgehead atoms. The third kappa shape index (κ3) is 2.45. The first-order chi connectivity index (χ1) is 7.42. The number of aromatic amines is 1. The second-order valence-corrected chi connectivity index (χ2v) is 4.50. The van der Waals surface area contributed by atoms with E-state index in [0.29, 0.717) is 0 Å². The van der Waals surface area contributed by atoms with Crippen LogP contribution < -0.4 is 0 Å². The summed E-state index contributed by atoms with van der Waals surface area (Å²) in [6.07, 6.45) is 4.72. The monoisotopic (exact) mass is 221 g/mol. The minimum atomic E-state index is 1.03. The predicted octanol–water partition coefficient (Wildman–Crippen LogP) is 3.27. The molecule has 1 N–H and O–H groups in total. The Kier molecular flexibility index (Phi) is 3.50. The Balaban J connectivity index is 2.09. The van der Waals surface area contributed by atoms with Crippen LogP contribution in [0, 0.1) is 0 Å². The second kappa shape index (κ2) is 5.07. The van der Waals surface area contributed by atoms with Crippen molar-refractivity contribution in [2.45, 2.75) is 32.6 Å². The van der Waals surface area contributed by atoms with Crippen LogP contribution in [0.25, 0.3) is 10.6 Å². The molecule has 0 saturated carbocycles. The van der Waals surface area contributed by atoms with Crippen molar-refractivity contribution in [2.24, 2.45) is 0 Å². The topological polar surface area (TPSA) is 41.6 Å². The normalized spacial score (nSPS) is 10.7. The summed E-state index contributed by atoms with van der Waals surface area (Å²) in [6, 6.07) is 4.14. The van der Waals surface area contributed by atoms with Gasteiger partial charge in [-0.25, -0.2) is 0 Å². The number of hydrogen-bond acceptors (Lipinski definition) is 3. The summed E-state index contributed by atoms with van der Waals surface area (Å²) < 4.78 is 0. The first-order valence-corrected chi connectivity index (χ1v) is 6.23. The third-order valence-corrected chi connectivity index (χ3v) is 3.27. The largest absolute Gasteiger partial charge is 0.197 e. The van der Waals surface area contributed by atoms with Gasteiger partial charge in [-0.05, 0) is 24.3 Å². The Morgan fingerprint density at radius 1 is 1.33 bits per heavy atom. The standard InChI is InChI=1S/C11H15N3S/c1-2-3-4-6-9-11(13-14-12-9)10-7-5-8-15-10/h5,7-8H,2-4,6H2,1H3,(H,12,13,14). The van der Waals surface area contributed by atoms with Gasteiger partial charge in [-0.3, -0.25) is 0 Å². The maximum atomic E-state index is 4.21. The molecule has 0 radical (unpaired) electrons. The second-order valence-electron chi connectivity index (χ2n) is 3.55. The highest BCUT2D eigenvalue weighted by molar-refractivity contribution is 7.13. The molecule has 0 aliphatic rings. The van der Waals surface area contributed by atoms with Gasteiger partial charge >= 0.3 is 0 Å². The highest BCUT2D eigenvalue weighted by Gasteiger charge is 2.10. The minimum Gasteiger partial charge on any atom is -0.197 e. The quantitative estimate of drug-likeness (QED) is 0.787. The van der Waals surface area contributed by atoms with Crippen molar-refractivity contribution in [1.82, 2.24) is 15.4 Å². The van der Waals surface area contributed by atoms with E-state index in [9.17, 15) is 0 Å². The van der Waals surface area contributed by atoms with Gasteiger partial charge in [0.25, 0.3) is 0 Å². The first kappa shape index (κ1) is 10.4. The van der Waals surface area contributed by atoms with Crippen LogP contribution >= 0.6 is 11.3 Å². The Bertz CT molecular complexity index is 392. The van der Waals surface area contributed by atoms with E-state index in [1.54, 1.807) is 11.3 Å². The summed E-state index contributed by atoms with van der Waals surface area (Å²) in [5.74, 6) is 0. The lowest BCUT2D eigenvalue weighted by Crippen LogP contribution is -1.88. The smallest absolute Gasteiger partial charge is 0.125 e. The fraction of sp³-hybridized carbons (Fsp3) is 0.455. The van der Waals surface area contributed by atoms with Gasteiger partial charge in [-0.1, -0.05) is 25.8 Å². The molecule has 80 valence electrons. The Hall–Kier alpha value is -1.16. The molecule has 3 nitrogen and oxygen atoms in total. The minimum absolute atomic E-state index is 1.03. The molecule has 0 atom stereocenters. The van der Waals surface area contributed by atoms with Crippen LogP contribution in [0.3, 0.4) is 0 Å². The van der Waals surface area contributed by atoms with Crippen LogP contribution in [-0.2, 0) is 6.42 Å². The number of nitrogens with zero attached hydrogens (tertiary/aromatic N) is 2. The number of hydrogen-bond donors (Lipinski definition) is 1. The SMILES string of the molecule is CCCCCc1n[nH]nc1-c1cccs1. The number of H-pyrrole nitrogens is 1. The highest BCUT2D eigenvalue weighted by Crippen LogP contribution is 2.25. The molecule has 2 heterocycles. The first-order valence-electron chi connectivity index (χ1n) is 5.35. The Morgan fingerprint density at radius 3 is 3.00 bits per heavy atom. The predicted molar refractivity (Wildman–Crippen MR) is 62.9 cm³/mol. The summed E-state index contributed by atoms with van der Waals surface area (Å²) in [5.41, 5.74) is 2.13. The van der Waals surface area contributed by atoms with Crippen molar-refractivity contribution in [1.29, 1.82) is 0 Å². The van der Waals surface area contributed by atoms with Crippen LogP contribution in [0.2, 0.25) is 0 Å². The number of aryl methyl sites for hydroxylation is 1. The molecule has 2 aromatic heterocycles. The van der Waals surface area contributed by atoms with Crippen LogP contribution in [-0.4, -0.2) is 15.4 Å². The Morgan fingerprint density at radius 2 is 2.27 bits per heavy atom. The summed E-state index contributed by atoms with van der Waals surface area (Å²) in [4.78, 5) is 1.20. The van der Waals surface area contributed by atoms with Crippen LogP contribution in [0.1, 0.15) is 31.9 Å². The van der Waals surface area contributed by atoms with Gasteiger partial charge in [-0.2, -0.15) is 15.4 Å². The third-order valence-electron chi connectivity index (χ3n) is 2.39. The van der Waals surface area contributed by atoms with E-state index in [4.69, 9.17) is 0 Å². The van der Waals surface area contributed by atoms with E-state index in [-0.39, 0.29) is 0 Å². The van der Waals surface area contributed by atoms with E-state index < -0.39 is 0 Å². The molecule has 15 heavy (non-hydrogen) atoms. The van der Waals surface area contributed by atoms with Gasteiger partial charge in [-0.15, -0.1) is 11.3 Å². The van der Waals surface area contributed by atoms with Crippen molar-refractivity contribution in [2.75, 3.05) is 0 Å². The highest BCUT2D eigenvalue weighted by atomic mass is 32.1. The number of rotatable bonds is 5. The van der Waals surface area contributed by atoms with E-state index >= 15 is 0 Å². The molecule has 0 aromatic carbocycles. The van der Waals surface area contributed by atoms with Crippen LogP contribution in [0.4, 0.5) is 0 Å². The summed E-state index contributed by atoms with van der Waals surface area (Å²) >= 11 is 1.71. The lowest BCUT2D eigenvalue weighted by molar-refractivity contribution is 0.705. The van der Waals surface area contributed by atoms with E-state index in [2.05, 4.69) is 33.8 Å². The molecule has 0 aliphatic carbocycles. The number of nitrogens with one attached hydrogen (secondary N) is 1. The zero-order valence-corrected chi connectivity index (χ0v) is 9.68. The molecular weight excluding hydrogens is 206 g/mol. The molecule has 2 aromatic rings. The van der Waals surface area contributed by atoms with E-state index in [1.807, 2.05) is 6.07 Å². The molecule has 4 heteroatoms. The maximum Gasteiger partial charge on any atom is 0.125 e. The van der Waals surface area contributed by atoms with Crippen molar-refractivity contribution in [3.05, 3.63) is 23.2 Å². The molecule has 0 fully saturated rings. The van der Waals surface area contributed by atoms with Crippen molar-refractivity contribution >= 4 is 11.3 Å². The maximum absolute atomic E-state index is 4.21. The van der Waals surface area contributed by atoms with Crippen molar-refractivity contribution in [3.8, 4) is 10.6 Å². The molecule has 0 unspecified atom stereocenters. The lowest BCUT2D eigenvalue weighted by Gasteiger charge is -1.97. The number of thiophene rings is 1. The zero-order chi connectivity index (χ0) is 10.5. The summed E-state index contributed by atoms with van der Waals surface area (Å²) in [7, 11) is 0. The van der Waals surface area contributed by atoms with Gasteiger partial charge in [0.05, 0.1) is 10.6 Å². The Labute approximate surface area is 93.5 Å². The van der Waals surface area contributed by atoms with Gasteiger partial charge in [0.1, 0.15) is 5.69 Å². The van der Waals surface area contributed by atoms with Gasteiger partial charge in [0.2, 0.25) is 0 Å². The molecule has 2 rings (SSSR count). The van der Waals surface area contributed by atoms with E-state index in [1.165, 1.54) is 24.1 Å². The lowest BCUT2D eigenvalue weighted by atomic mass is 10.1. The van der Waals surface area contributed by atoms with Crippen LogP contribution in [0.15, 0.2) is 17.5 Å². The average molecular weight is 221 g/mol. The van der Waals surface area contributed by atoms with Crippen LogP contribution in [0.5, 0.6) is 0 Å². The fourth-order valence-corrected chi connectivity index (χ4v) is 2.32. The van der Waals surface area contributed by atoms with Crippen molar-refractivity contribution < 1.29 is 0 Å². The molecule has 0 aliphatic heterocycles. The fourth-order valence-electron chi connectivity index (χ4n) is 1.58. The van der Waals surface area contributed by atoms with E-state index in [0.717, 1.165) is 17.8 Å².